The first-order chi connectivity index (χ1) is 12.2. The Kier molecular flexibility index (Phi) is 5.60. The third-order valence-corrected chi connectivity index (χ3v) is 4.26. The zero-order valence-corrected chi connectivity index (χ0v) is 14.7. The number of aryl methyl sites for hydroxylation is 1. The molecule has 0 spiro atoms. The maximum atomic E-state index is 12.4. The van der Waals surface area contributed by atoms with Gasteiger partial charge >= 0.3 is 0 Å². The predicted octanol–water partition coefficient (Wildman–Crippen LogP) is 2.85. The van der Waals surface area contributed by atoms with Crippen molar-refractivity contribution in [2.45, 2.75) is 32.2 Å². The molecular weight excluding hydrogens is 316 g/mol. The Morgan fingerprint density at radius 2 is 2.08 bits per heavy atom. The fourth-order valence-corrected chi connectivity index (χ4v) is 3.12. The number of aromatic nitrogens is 2. The van der Waals surface area contributed by atoms with Crippen LogP contribution < -0.4 is 10.1 Å². The second-order valence-corrected chi connectivity index (χ2v) is 6.25. The fourth-order valence-electron chi connectivity index (χ4n) is 3.12. The molecule has 0 radical (unpaired) electrons. The lowest BCUT2D eigenvalue weighted by molar-refractivity contribution is -0.134. The zero-order valence-electron chi connectivity index (χ0n) is 14.7. The van der Waals surface area contributed by atoms with Gasteiger partial charge in [-0.3, -0.25) is 4.79 Å². The van der Waals surface area contributed by atoms with Crippen LogP contribution in [0.1, 0.15) is 36.8 Å². The average Bonchev–Trinajstić information content (AvgIpc) is 2.62. The van der Waals surface area contributed by atoms with Gasteiger partial charge in [0.15, 0.2) is 5.82 Å². The van der Waals surface area contributed by atoms with Crippen LogP contribution >= 0.6 is 0 Å². The monoisotopic (exact) mass is 340 g/mol. The summed E-state index contributed by atoms with van der Waals surface area (Å²) in [5.41, 5.74) is 0.836. The van der Waals surface area contributed by atoms with Crippen molar-refractivity contribution in [3.8, 4) is 11.6 Å². The van der Waals surface area contributed by atoms with Gasteiger partial charge in [0, 0.05) is 18.3 Å². The van der Waals surface area contributed by atoms with Crippen LogP contribution in [0.3, 0.4) is 0 Å². The number of carbonyl (C=O) groups excluding carboxylic acids is 1. The minimum atomic E-state index is -0.0902. The summed E-state index contributed by atoms with van der Waals surface area (Å²) in [6.07, 6.45) is 2.97. The van der Waals surface area contributed by atoms with Gasteiger partial charge in [-0.05, 0) is 45.4 Å². The van der Waals surface area contributed by atoms with Crippen molar-refractivity contribution in [2.75, 3.05) is 20.1 Å². The molecule has 0 bridgehead atoms. The fraction of sp³-hybridized carbons (Fsp3) is 0.421. The lowest BCUT2D eigenvalue weighted by atomic mass is 10.0. The predicted molar refractivity (Wildman–Crippen MR) is 95.5 cm³/mol. The van der Waals surface area contributed by atoms with Crippen molar-refractivity contribution < 1.29 is 9.53 Å². The summed E-state index contributed by atoms with van der Waals surface area (Å²) in [5.74, 6) is 2.00. The average molecular weight is 340 g/mol. The number of carbonyl (C=O) groups is 1. The number of nitrogens with one attached hydrogen (secondary N) is 1. The number of hydrogen-bond donors (Lipinski definition) is 1. The highest BCUT2D eigenvalue weighted by Crippen LogP contribution is 2.30. The molecule has 0 saturated carbocycles. The molecule has 1 aliphatic rings. The summed E-state index contributed by atoms with van der Waals surface area (Å²) in [6.45, 7) is 3.00. The van der Waals surface area contributed by atoms with E-state index in [1.807, 2.05) is 48.2 Å². The molecule has 1 aromatic heterocycles. The molecule has 1 aromatic carbocycles. The molecule has 25 heavy (non-hydrogen) atoms. The van der Waals surface area contributed by atoms with E-state index >= 15 is 0 Å². The van der Waals surface area contributed by atoms with Crippen molar-refractivity contribution >= 4 is 5.91 Å². The summed E-state index contributed by atoms with van der Waals surface area (Å²) in [6, 6.07) is 11.3. The highest BCUT2D eigenvalue weighted by Gasteiger charge is 2.30. The summed E-state index contributed by atoms with van der Waals surface area (Å²) in [5, 5.41) is 2.94. The molecule has 132 valence electrons. The van der Waals surface area contributed by atoms with E-state index in [2.05, 4.69) is 15.3 Å². The van der Waals surface area contributed by atoms with E-state index < -0.39 is 0 Å². The highest BCUT2D eigenvalue weighted by molar-refractivity contribution is 5.78. The molecule has 0 unspecified atom stereocenters. The third kappa shape index (κ3) is 4.33. The van der Waals surface area contributed by atoms with Crippen LogP contribution in [0.25, 0.3) is 0 Å². The molecule has 2 heterocycles. The molecule has 1 fully saturated rings. The molecule has 0 aliphatic carbocycles. The van der Waals surface area contributed by atoms with Gasteiger partial charge < -0.3 is 15.0 Å². The Hall–Kier alpha value is -2.47. The number of likely N-dealkylation sites (N-methyl/N-ethyl adjacent to an activating group) is 1. The van der Waals surface area contributed by atoms with Gasteiger partial charge in [-0.25, -0.2) is 4.98 Å². The topological polar surface area (TPSA) is 67.4 Å². The lowest BCUT2D eigenvalue weighted by Gasteiger charge is -2.35. The Balaban J connectivity index is 1.86. The Morgan fingerprint density at radius 3 is 2.84 bits per heavy atom. The maximum Gasteiger partial charge on any atom is 0.237 e. The number of amides is 1. The van der Waals surface area contributed by atoms with Crippen LogP contribution in [0.15, 0.2) is 36.4 Å². The summed E-state index contributed by atoms with van der Waals surface area (Å²) >= 11 is 0. The minimum Gasteiger partial charge on any atom is -0.439 e. The second-order valence-electron chi connectivity index (χ2n) is 6.25. The molecular formula is C19H24N4O2. The van der Waals surface area contributed by atoms with Crippen molar-refractivity contribution in [1.29, 1.82) is 0 Å². The van der Waals surface area contributed by atoms with Crippen molar-refractivity contribution in [3.63, 3.8) is 0 Å². The van der Waals surface area contributed by atoms with E-state index in [4.69, 9.17) is 4.74 Å². The second kappa shape index (κ2) is 8.07. The van der Waals surface area contributed by atoms with E-state index in [-0.39, 0.29) is 11.9 Å². The van der Waals surface area contributed by atoms with Crippen LogP contribution in [0, 0.1) is 6.92 Å². The van der Waals surface area contributed by atoms with Gasteiger partial charge in [-0.15, -0.1) is 0 Å². The molecule has 1 atom stereocenters. The maximum absolute atomic E-state index is 12.4. The molecule has 6 nitrogen and oxygen atoms in total. The molecule has 2 aromatic rings. The third-order valence-electron chi connectivity index (χ3n) is 4.26. The quantitative estimate of drug-likeness (QED) is 0.906. The van der Waals surface area contributed by atoms with Crippen LogP contribution in [0.5, 0.6) is 11.6 Å². The Bertz CT molecular complexity index is 721. The number of ether oxygens (including phenoxy) is 1. The first kappa shape index (κ1) is 17.4. The summed E-state index contributed by atoms with van der Waals surface area (Å²) in [4.78, 5) is 23.5. The van der Waals surface area contributed by atoms with Crippen LogP contribution in [-0.4, -0.2) is 40.9 Å². The normalized spacial score (nSPS) is 17.4. The summed E-state index contributed by atoms with van der Waals surface area (Å²) < 4.78 is 5.87. The number of nitrogens with zero attached hydrogens (tertiary/aromatic N) is 3. The van der Waals surface area contributed by atoms with Gasteiger partial charge in [0.2, 0.25) is 11.8 Å². The largest absolute Gasteiger partial charge is 0.439 e. The van der Waals surface area contributed by atoms with Gasteiger partial charge in [0.25, 0.3) is 0 Å². The van der Waals surface area contributed by atoms with Gasteiger partial charge in [0.05, 0.1) is 12.6 Å². The smallest absolute Gasteiger partial charge is 0.237 e. The van der Waals surface area contributed by atoms with Gasteiger partial charge in [-0.2, -0.15) is 4.98 Å². The van der Waals surface area contributed by atoms with Gasteiger partial charge in [0.1, 0.15) is 5.75 Å². The Labute approximate surface area is 148 Å². The molecule has 1 amide bonds. The standard InChI is InChI=1S/C19H24N4O2/c1-14-12-17(25-15-8-4-3-5-9-15)22-19(21-14)16-10-6-7-11-23(16)18(24)13-20-2/h3-5,8-9,12,16,20H,6-7,10-11,13H2,1-2H3/t16-/m1/s1. The number of benzene rings is 1. The van der Waals surface area contributed by atoms with Crippen molar-refractivity contribution in [2.24, 2.45) is 0 Å². The molecule has 1 saturated heterocycles. The van der Waals surface area contributed by atoms with E-state index in [1.165, 1.54) is 0 Å². The van der Waals surface area contributed by atoms with Crippen molar-refractivity contribution in [1.82, 2.24) is 20.2 Å². The number of hydrogen-bond acceptors (Lipinski definition) is 5. The van der Waals surface area contributed by atoms with Crippen LogP contribution in [0.2, 0.25) is 0 Å². The number of rotatable bonds is 5. The van der Waals surface area contributed by atoms with E-state index in [0.29, 0.717) is 18.2 Å². The Morgan fingerprint density at radius 1 is 1.28 bits per heavy atom. The number of para-hydroxylation sites is 1. The highest BCUT2D eigenvalue weighted by atomic mass is 16.5. The zero-order chi connectivity index (χ0) is 17.6. The van der Waals surface area contributed by atoms with E-state index in [1.54, 1.807) is 7.05 Å². The molecule has 1 aliphatic heterocycles. The van der Waals surface area contributed by atoms with Gasteiger partial charge in [-0.1, -0.05) is 18.2 Å². The lowest BCUT2D eigenvalue weighted by Crippen LogP contribution is -2.43. The SMILES string of the molecule is CNCC(=O)N1CCCC[C@@H]1c1nc(C)cc(Oc2ccccc2)n1. The van der Waals surface area contributed by atoms with E-state index in [0.717, 1.165) is 37.3 Å². The molecule has 3 rings (SSSR count). The van der Waals surface area contributed by atoms with Crippen molar-refractivity contribution in [3.05, 3.63) is 47.9 Å². The molecule has 1 N–H and O–H groups in total. The number of likely N-dealkylation sites (tertiary alicyclic amines) is 1. The number of piperidine rings is 1. The first-order valence-corrected chi connectivity index (χ1v) is 8.70. The van der Waals surface area contributed by atoms with Crippen LogP contribution in [-0.2, 0) is 4.79 Å². The first-order valence-electron chi connectivity index (χ1n) is 8.70. The summed E-state index contributed by atoms with van der Waals surface area (Å²) in [7, 11) is 1.78. The van der Waals surface area contributed by atoms with E-state index in [9.17, 15) is 4.79 Å². The molecule has 6 heteroatoms. The van der Waals surface area contributed by atoms with Crippen LogP contribution in [0.4, 0.5) is 0 Å². The minimum absolute atomic E-state index is 0.0860.